The molecule has 1 amide bonds. The molecule has 1 unspecified atom stereocenters. The van der Waals surface area contributed by atoms with Crippen molar-refractivity contribution in [1.82, 2.24) is 20.0 Å². The molecule has 0 radical (unpaired) electrons. The molecule has 1 N–H and O–H groups in total. The van der Waals surface area contributed by atoms with Crippen LogP contribution < -0.4 is 5.32 Å². The Kier molecular flexibility index (Phi) is 10.3. The van der Waals surface area contributed by atoms with Crippen molar-refractivity contribution >= 4 is 35.8 Å². The van der Waals surface area contributed by atoms with Gasteiger partial charge in [-0.1, -0.05) is 0 Å². The molecule has 0 aromatic carbocycles. The van der Waals surface area contributed by atoms with Crippen LogP contribution in [0.1, 0.15) is 32.6 Å². The van der Waals surface area contributed by atoms with E-state index in [1.54, 1.807) is 0 Å². The van der Waals surface area contributed by atoms with E-state index in [0.29, 0.717) is 25.0 Å². The van der Waals surface area contributed by atoms with Gasteiger partial charge in [0, 0.05) is 51.7 Å². The third-order valence-corrected chi connectivity index (χ3v) is 6.02. The van der Waals surface area contributed by atoms with Crippen molar-refractivity contribution < 1.29 is 9.53 Å². The van der Waals surface area contributed by atoms with Gasteiger partial charge in [-0.05, 0) is 52.1 Å². The number of ether oxygens (including phenoxy) is 1. The first kappa shape index (κ1) is 23.7. The molecule has 3 fully saturated rings. The van der Waals surface area contributed by atoms with E-state index in [9.17, 15) is 4.79 Å². The second kappa shape index (κ2) is 12.2. The van der Waals surface area contributed by atoms with Crippen LogP contribution in [0.5, 0.6) is 0 Å². The van der Waals surface area contributed by atoms with Gasteiger partial charge in [0.25, 0.3) is 0 Å². The minimum atomic E-state index is 0. The average molecular weight is 507 g/mol. The van der Waals surface area contributed by atoms with Crippen LogP contribution in [0.2, 0.25) is 0 Å². The van der Waals surface area contributed by atoms with Crippen LogP contribution in [0.4, 0.5) is 0 Å². The van der Waals surface area contributed by atoms with Crippen molar-refractivity contribution in [1.29, 1.82) is 0 Å². The maximum Gasteiger partial charge on any atom is 0.225 e. The number of carbonyl (C=O) groups excluding carboxylic acids is 1. The Morgan fingerprint density at radius 3 is 2.43 bits per heavy atom. The third kappa shape index (κ3) is 6.73. The lowest BCUT2D eigenvalue weighted by Crippen LogP contribution is -2.50. The zero-order valence-electron chi connectivity index (χ0n) is 17.6. The summed E-state index contributed by atoms with van der Waals surface area (Å²) in [6.45, 7) is 11.0. The summed E-state index contributed by atoms with van der Waals surface area (Å²) >= 11 is 0. The normalized spacial score (nSPS) is 25.4. The number of hydrogen-bond acceptors (Lipinski definition) is 4. The van der Waals surface area contributed by atoms with Gasteiger partial charge < -0.3 is 24.8 Å². The number of aliphatic imine (C=N–C) groups is 1. The van der Waals surface area contributed by atoms with E-state index in [1.807, 2.05) is 4.90 Å². The average Bonchev–Trinajstić information content (AvgIpc) is 2.71. The zero-order valence-corrected chi connectivity index (χ0v) is 19.9. The van der Waals surface area contributed by atoms with Gasteiger partial charge in [0.15, 0.2) is 5.96 Å². The Balaban J connectivity index is 0.00000280. The maximum absolute atomic E-state index is 12.7. The first-order valence-corrected chi connectivity index (χ1v) is 10.8. The van der Waals surface area contributed by atoms with Crippen molar-refractivity contribution in [2.45, 2.75) is 32.6 Å². The van der Waals surface area contributed by atoms with E-state index in [2.05, 4.69) is 29.1 Å². The predicted octanol–water partition coefficient (Wildman–Crippen LogP) is 1.48. The number of hydrogen-bond donors (Lipinski definition) is 1. The Morgan fingerprint density at radius 1 is 1.07 bits per heavy atom. The Hall–Kier alpha value is -0.610. The van der Waals surface area contributed by atoms with Crippen molar-refractivity contribution in [2.24, 2.45) is 16.8 Å². The molecule has 0 saturated carbocycles. The van der Waals surface area contributed by atoms with Crippen LogP contribution in [-0.2, 0) is 9.53 Å². The molecule has 8 heteroatoms. The highest BCUT2D eigenvalue weighted by Crippen LogP contribution is 2.21. The molecule has 0 aromatic heterocycles. The number of halogens is 1. The fourth-order valence-electron chi connectivity index (χ4n) is 4.44. The van der Waals surface area contributed by atoms with Crippen molar-refractivity contribution in [2.75, 3.05) is 72.6 Å². The van der Waals surface area contributed by atoms with Crippen molar-refractivity contribution in [3.63, 3.8) is 0 Å². The minimum Gasteiger partial charge on any atom is -0.378 e. The summed E-state index contributed by atoms with van der Waals surface area (Å²) in [4.78, 5) is 24.4. The highest BCUT2D eigenvalue weighted by Gasteiger charge is 2.30. The molecule has 3 aliphatic heterocycles. The Morgan fingerprint density at radius 2 is 1.79 bits per heavy atom. The molecular weight excluding hydrogens is 469 g/mol. The zero-order chi connectivity index (χ0) is 19.1. The van der Waals surface area contributed by atoms with Gasteiger partial charge in [-0.3, -0.25) is 9.79 Å². The molecule has 1 atom stereocenters. The van der Waals surface area contributed by atoms with Gasteiger partial charge >= 0.3 is 0 Å². The summed E-state index contributed by atoms with van der Waals surface area (Å²) in [6, 6.07) is 0. The lowest BCUT2D eigenvalue weighted by atomic mass is 9.95. The maximum atomic E-state index is 12.7. The second-order valence-electron chi connectivity index (χ2n) is 8.16. The topological polar surface area (TPSA) is 60.4 Å². The Bertz CT molecular complexity index is 505. The summed E-state index contributed by atoms with van der Waals surface area (Å²) in [6.07, 6.45) is 4.41. The summed E-state index contributed by atoms with van der Waals surface area (Å²) in [5.74, 6) is 2.18. The first-order chi connectivity index (χ1) is 13.2. The van der Waals surface area contributed by atoms with Gasteiger partial charge in [-0.2, -0.15) is 0 Å². The van der Waals surface area contributed by atoms with E-state index >= 15 is 0 Å². The number of piperidine rings is 2. The molecule has 3 aliphatic rings. The van der Waals surface area contributed by atoms with E-state index in [-0.39, 0.29) is 29.9 Å². The number of carbonyl (C=O) groups is 1. The van der Waals surface area contributed by atoms with Crippen LogP contribution in [0, 0.1) is 11.8 Å². The number of rotatable bonds is 4. The molecule has 0 aliphatic carbocycles. The number of nitrogens with zero attached hydrogens (tertiary/aromatic N) is 4. The largest absolute Gasteiger partial charge is 0.378 e. The van der Waals surface area contributed by atoms with E-state index in [4.69, 9.17) is 9.73 Å². The minimum absolute atomic E-state index is 0. The van der Waals surface area contributed by atoms with Gasteiger partial charge in [-0.15, -0.1) is 24.0 Å². The molecular formula is C20H38IN5O2. The number of amides is 1. The molecule has 7 nitrogen and oxygen atoms in total. The summed E-state index contributed by atoms with van der Waals surface area (Å²) in [5.41, 5.74) is 0. The molecule has 28 heavy (non-hydrogen) atoms. The fraction of sp³-hybridized carbons (Fsp3) is 0.900. The van der Waals surface area contributed by atoms with Crippen LogP contribution in [0.25, 0.3) is 0 Å². The monoisotopic (exact) mass is 507 g/mol. The van der Waals surface area contributed by atoms with Gasteiger partial charge in [0.2, 0.25) is 5.91 Å². The molecule has 0 aromatic rings. The Labute approximate surface area is 187 Å². The molecule has 162 valence electrons. The van der Waals surface area contributed by atoms with E-state index in [1.165, 1.54) is 19.4 Å². The van der Waals surface area contributed by atoms with Crippen molar-refractivity contribution in [3.8, 4) is 0 Å². The van der Waals surface area contributed by atoms with Crippen LogP contribution in [0.15, 0.2) is 4.99 Å². The second-order valence-corrected chi connectivity index (χ2v) is 8.16. The molecule has 3 rings (SSSR count). The van der Waals surface area contributed by atoms with Crippen LogP contribution in [-0.4, -0.2) is 99.2 Å². The van der Waals surface area contributed by atoms with Crippen molar-refractivity contribution in [3.05, 3.63) is 0 Å². The molecule has 3 heterocycles. The SMILES string of the molecule is CCNC(=NCC1CCCN(C)C1)N1CCC(C(=O)N2CCOCC2)CC1.I. The first-order valence-electron chi connectivity index (χ1n) is 10.8. The number of nitrogens with one attached hydrogen (secondary N) is 1. The number of morpholine rings is 1. The lowest BCUT2D eigenvalue weighted by Gasteiger charge is -2.37. The van der Waals surface area contributed by atoms with Gasteiger partial charge in [-0.25, -0.2) is 0 Å². The highest BCUT2D eigenvalue weighted by atomic mass is 127. The quantitative estimate of drug-likeness (QED) is 0.355. The summed E-state index contributed by atoms with van der Waals surface area (Å²) in [7, 11) is 2.21. The number of guanidine groups is 1. The molecule has 3 saturated heterocycles. The summed E-state index contributed by atoms with van der Waals surface area (Å²) < 4.78 is 5.37. The predicted molar refractivity (Wildman–Crippen MR) is 123 cm³/mol. The lowest BCUT2D eigenvalue weighted by molar-refractivity contribution is -0.140. The highest BCUT2D eigenvalue weighted by molar-refractivity contribution is 14.0. The van der Waals surface area contributed by atoms with Gasteiger partial charge in [0.1, 0.15) is 0 Å². The fourth-order valence-corrected chi connectivity index (χ4v) is 4.44. The van der Waals surface area contributed by atoms with Crippen LogP contribution in [0.3, 0.4) is 0 Å². The van der Waals surface area contributed by atoms with Crippen LogP contribution >= 0.6 is 24.0 Å². The third-order valence-electron chi connectivity index (χ3n) is 6.02. The van der Waals surface area contributed by atoms with E-state index in [0.717, 1.165) is 64.6 Å². The number of likely N-dealkylation sites (tertiary alicyclic amines) is 2. The molecule has 0 bridgehead atoms. The van der Waals surface area contributed by atoms with Gasteiger partial charge in [0.05, 0.1) is 13.2 Å². The smallest absolute Gasteiger partial charge is 0.225 e. The van der Waals surface area contributed by atoms with E-state index < -0.39 is 0 Å². The summed E-state index contributed by atoms with van der Waals surface area (Å²) in [5, 5.41) is 3.46. The standard InChI is InChI=1S/C20H37N5O2.HI/c1-3-21-20(22-15-17-5-4-8-23(2)16-17)25-9-6-18(7-10-25)19(26)24-11-13-27-14-12-24;/h17-18H,3-16H2,1-2H3,(H,21,22);1H. The molecule has 0 spiro atoms.